The van der Waals surface area contributed by atoms with E-state index >= 15 is 0 Å². The molecule has 0 radical (unpaired) electrons. The lowest BCUT2D eigenvalue weighted by molar-refractivity contribution is 0.288. The van der Waals surface area contributed by atoms with Crippen LogP contribution < -0.4 is 0 Å². The molecule has 1 unspecified atom stereocenters. The topological polar surface area (TPSA) is 27.0 Å². The maximum Gasteiger partial charge on any atom is 0.133 e. The minimum absolute atomic E-state index is 0.423. The summed E-state index contributed by atoms with van der Waals surface area (Å²) in [5, 5.41) is 8.21. The van der Waals surface area contributed by atoms with E-state index in [0.717, 1.165) is 13.1 Å². The largest absolute Gasteiger partial charge is 0.297 e. The van der Waals surface area contributed by atoms with E-state index in [1.54, 1.807) is 0 Å². The average Bonchev–Trinajstić information content (AvgIpc) is 2.29. The zero-order valence-electron chi connectivity index (χ0n) is 8.86. The van der Waals surface area contributed by atoms with Crippen molar-refractivity contribution in [3.63, 3.8) is 0 Å². The van der Waals surface area contributed by atoms with Gasteiger partial charge in [-0.2, -0.15) is 5.26 Å². The van der Waals surface area contributed by atoms with Crippen molar-refractivity contribution in [1.82, 2.24) is 4.90 Å². The maximum absolute atomic E-state index is 8.64. The summed E-state index contributed by atoms with van der Waals surface area (Å²) in [5.41, 5.74) is 1.25. The van der Waals surface area contributed by atoms with Crippen molar-refractivity contribution < 1.29 is 0 Å². The van der Waals surface area contributed by atoms with E-state index < -0.39 is 5.38 Å². The predicted molar refractivity (Wildman–Crippen MR) is 62.6 cm³/mol. The van der Waals surface area contributed by atoms with Crippen LogP contribution in [0.25, 0.3) is 0 Å². The molecule has 0 aliphatic heterocycles. The Bertz CT molecular complexity index is 318. The molecule has 0 saturated carbocycles. The van der Waals surface area contributed by atoms with Crippen LogP contribution in [-0.2, 0) is 6.54 Å². The van der Waals surface area contributed by atoms with Gasteiger partial charge < -0.3 is 0 Å². The molecule has 0 amide bonds. The first-order valence-electron chi connectivity index (χ1n) is 5.06. The number of nitriles is 1. The Labute approximate surface area is 96.1 Å². The van der Waals surface area contributed by atoms with Crippen LogP contribution in [0.1, 0.15) is 12.5 Å². The van der Waals surface area contributed by atoms with Gasteiger partial charge in [-0.25, -0.2) is 0 Å². The van der Waals surface area contributed by atoms with Gasteiger partial charge in [0, 0.05) is 13.1 Å². The van der Waals surface area contributed by atoms with E-state index in [2.05, 4.69) is 24.0 Å². The van der Waals surface area contributed by atoms with E-state index in [4.69, 9.17) is 16.9 Å². The van der Waals surface area contributed by atoms with Gasteiger partial charge in [0.15, 0.2) is 0 Å². The smallest absolute Gasteiger partial charge is 0.133 e. The van der Waals surface area contributed by atoms with Crippen LogP contribution >= 0.6 is 11.6 Å². The van der Waals surface area contributed by atoms with Crippen LogP contribution in [0.4, 0.5) is 0 Å². The second-order valence-corrected chi connectivity index (χ2v) is 3.94. The number of halogens is 1. The highest BCUT2D eigenvalue weighted by Crippen LogP contribution is 2.06. The minimum atomic E-state index is -0.423. The van der Waals surface area contributed by atoms with E-state index in [1.165, 1.54) is 5.56 Å². The first-order chi connectivity index (χ1) is 7.26. The lowest BCUT2D eigenvalue weighted by Gasteiger charge is -2.20. The van der Waals surface area contributed by atoms with Crippen LogP contribution in [0.3, 0.4) is 0 Å². The Kier molecular flexibility index (Phi) is 5.17. The van der Waals surface area contributed by atoms with E-state index in [0.29, 0.717) is 6.54 Å². The molecule has 1 aromatic rings. The van der Waals surface area contributed by atoms with Crippen LogP contribution in [0.2, 0.25) is 0 Å². The molecule has 0 bridgehead atoms. The Hall–Kier alpha value is -1.04. The number of hydrogen-bond acceptors (Lipinski definition) is 2. The van der Waals surface area contributed by atoms with Gasteiger partial charge in [-0.05, 0) is 12.1 Å². The Morgan fingerprint density at radius 2 is 2.07 bits per heavy atom. The number of hydrogen-bond donors (Lipinski definition) is 0. The van der Waals surface area contributed by atoms with Gasteiger partial charge in [0.2, 0.25) is 0 Å². The zero-order valence-corrected chi connectivity index (χ0v) is 9.61. The van der Waals surface area contributed by atoms with Gasteiger partial charge in [-0.3, -0.25) is 4.90 Å². The van der Waals surface area contributed by atoms with Gasteiger partial charge in [-0.1, -0.05) is 37.3 Å². The summed E-state index contributed by atoms with van der Waals surface area (Å²) in [4.78, 5) is 2.16. The molecule has 0 spiro atoms. The Morgan fingerprint density at radius 3 is 2.60 bits per heavy atom. The molecule has 0 saturated heterocycles. The van der Waals surface area contributed by atoms with Crippen molar-refractivity contribution in [2.45, 2.75) is 18.8 Å². The van der Waals surface area contributed by atoms with Crippen molar-refractivity contribution in [1.29, 1.82) is 5.26 Å². The highest BCUT2D eigenvalue weighted by atomic mass is 35.5. The monoisotopic (exact) mass is 222 g/mol. The molecule has 0 N–H and O–H groups in total. The third-order valence-electron chi connectivity index (χ3n) is 2.25. The van der Waals surface area contributed by atoms with E-state index in [9.17, 15) is 0 Å². The molecular weight excluding hydrogens is 208 g/mol. The summed E-state index contributed by atoms with van der Waals surface area (Å²) in [6, 6.07) is 12.2. The van der Waals surface area contributed by atoms with Crippen LogP contribution in [0.5, 0.6) is 0 Å². The highest BCUT2D eigenvalue weighted by molar-refractivity contribution is 6.22. The second-order valence-electron chi connectivity index (χ2n) is 3.41. The fourth-order valence-electron chi connectivity index (χ4n) is 1.41. The van der Waals surface area contributed by atoms with E-state index in [1.807, 2.05) is 24.3 Å². The number of nitrogens with zero attached hydrogens (tertiary/aromatic N) is 2. The number of rotatable bonds is 5. The van der Waals surface area contributed by atoms with Gasteiger partial charge in [0.1, 0.15) is 5.38 Å². The average molecular weight is 223 g/mol. The zero-order chi connectivity index (χ0) is 11.1. The lowest BCUT2D eigenvalue weighted by atomic mass is 10.2. The molecule has 0 heterocycles. The molecule has 15 heavy (non-hydrogen) atoms. The molecule has 1 rings (SSSR count). The molecule has 0 aliphatic carbocycles. The summed E-state index contributed by atoms with van der Waals surface area (Å²) < 4.78 is 0. The fourth-order valence-corrected chi connectivity index (χ4v) is 1.61. The summed E-state index contributed by atoms with van der Waals surface area (Å²) in [5.74, 6) is 0. The Balaban J connectivity index is 2.51. The first-order valence-corrected chi connectivity index (χ1v) is 5.50. The predicted octanol–water partition coefficient (Wildman–Crippen LogP) is 2.64. The molecule has 0 aromatic heterocycles. The quantitative estimate of drug-likeness (QED) is 0.717. The van der Waals surface area contributed by atoms with Gasteiger partial charge in [0.05, 0.1) is 6.07 Å². The summed E-state index contributed by atoms with van der Waals surface area (Å²) in [6.07, 6.45) is 0. The number of alkyl halides is 1. The molecule has 1 aromatic carbocycles. The molecule has 3 heteroatoms. The van der Waals surface area contributed by atoms with Gasteiger partial charge in [0.25, 0.3) is 0 Å². The second kappa shape index (κ2) is 6.44. The highest BCUT2D eigenvalue weighted by Gasteiger charge is 2.09. The van der Waals surface area contributed by atoms with Crippen molar-refractivity contribution in [2.75, 3.05) is 13.1 Å². The third kappa shape index (κ3) is 4.33. The van der Waals surface area contributed by atoms with Crippen molar-refractivity contribution in [3.05, 3.63) is 35.9 Å². The summed E-state index contributed by atoms with van der Waals surface area (Å²) >= 11 is 5.80. The van der Waals surface area contributed by atoms with Crippen LogP contribution in [0, 0.1) is 11.3 Å². The molecule has 80 valence electrons. The van der Waals surface area contributed by atoms with Crippen molar-refractivity contribution in [2.24, 2.45) is 0 Å². The Morgan fingerprint density at radius 1 is 1.40 bits per heavy atom. The maximum atomic E-state index is 8.64. The molecule has 1 atom stereocenters. The molecule has 2 nitrogen and oxygen atoms in total. The molecule has 0 fully saturated rings. The van der Waals surface area contributed by atoms with Crippen molar-refractivity contribution in [3.8, 4) is 6.07 Å². The normalized spacial score (nSPS) is 12.4. The number of benzene rings is 1. The van der Waals surface area contributed by atoms with Gasteiger partial charge >= 0.3 is 0 Å². The van der Waals surface area contributed by atoms with Crippen molar-refractivity contribution >= 4 is 11.6 Å². The third-order valence-corrected chi connectivity index (χ3v) is 2.49. The molecular formula is C12H15ClN2. The molecule has 0 aliphatic rings. The van der Waals surface area contributed by atoms with Crippen LogP contribution in [0.15, 0.2) is 30.3 Å². The van der Waals surface area contributed by atoms with Crippen LogP contribution in [-0.4, -0.2) is 23.4 Å². The lowest BCUT2D eigenvalue weighted by Crippen LogP contribution is -2.28. The summed E-state index contributed by atoms with van der Waals surface area (Å²) in [7, 11) is 0. The standard InChI is InChI=1S/C12H15ClN2/c1-2-15(10-12(13)8-14)9-11-6-4-3-5-7-11/h3-7,12H,2,9-10H2,1H3. The van der Waals surface area contributed by atoms with Gasteiger partial charge in [-0.15, -0.1) is 11.6 Å². The van der Waals surface area contributed by atoms with E-state index in [-0.39, 0.29) is 0 Å². The summed E-state index contributed by atoms with van der Waals surface area (Å²) in [6.45, 7) is 4.44. The SMILES string of the molecule is CCN(Cc1ccccc1)CC(Cl)C#N. The first kappa shape index (κ1) is 12.0. The minimum Gasteiger partial charge on any atom is -0.297 e. The fraction of sp³-hybridized carbons (Fsp3) is 0.417.